The molecule has 1 saturated carbocycles. The van der Waals surface area contributed by atoms with Crippen LogP contribution >= 0.6 is 0 Å². The molecule has 1 aliphatic carbocycles. The molecule has 2 aliphatic heterocycles. The van der Waals surface area contributed by atoms with E-state index in [1.807, 2.05) is 0 Å². The van der Waals surface area contributed by atoms with Gasteiger partial charge in [-0.25, -0.2) is 0 Å². The average Bonchev–Trinajstić information content (AvgIpc) is 2.13. The Bertz CT molecular complexity index is 172. The standard InChI is InChI=1S/C10H19N/c1-9(2,3)10-5-8(6-10)11(4)7-10/h8H,5-7H2,1-4H3. The summed E-state index contributed by atoms with van der Waals surface area (Å²) in [5, 5.41) is 0. The summed E-state index contributed by atoms with van der Waals surface area (Å²) in [7, 11) is 2.27. The van der Waals surface area contributed by atoms with Gasteiger partial charge in [-0.3, -0.25) is 0 Å². The Morgan fingerprint density at radius 1 is 1.27 bits per heavy atom. The Labute approximate surface area is 69.8 Å². The predicted octanol–water partition coefficient (Wildman–Crippen LogP) is 2.13. The first-order valence-electron chi connectivity index (χ1n) is 4.65. The fraction of sp³-hybridized carbons (Fsp3) is 1.00. The molecule has 64 valence electrons. The smallest absolute Gasteiger partial charge is 0.0104 e. The molecule has 0 aromatic rings. The van der Waals surface area contributed by atoms with Gasteiger partial charge in [-0.05, 0) is 30.7 Å². The molecule has 0 radical (unpaired) electrons. The Balaban J connectivity index is 2.18. The van der Waals surface area contributed by atoms with Crippen molar-refractivity contribution < 1.29 is 0 Å². The molecule has 3 aliphatic rings. The van der Waals surface area contributed by atoms with Crippen LogP contribution in [0.25, 0.3) is 0 Å². The van der Waals surface area contributed by atoms with E-state index >= 15 is 0 Å². The topological polar surface area (TPSA) is 3.24 Å². The van der Waals surface area contributed by atoms with E-state index in [-0.39, 0.29) is 0 Å². The zero-order chi connectivity index (χ0) is 8.28. The van der Waals surface area contributed by atoms with Crippen LogP contribution in [-0.2, 0) is 0 Å². The van der Waals surface area contributed by atoms with Gasteiger partial charge in [-0.2, -0.15) is 0 Å². The summed E-state index contributed by atoms with van der Waals surface area (Å²) < 4.78 is 0. The van der Waals surface area contributed by atoms with Crippen molar-refractivity contribution >= 4 is 0 Å². The van der Waals surface area contributed by atoms with Crippen molar-refractivity contribution in [1.29, 1.82) is 0 Å². The second-order valence-electron chi connectivity index (χ2n) is 5.51. The first-order chi connectivity index (χ1) is 4.95. The molecule has 2 saturated heterocycles. The molecule has 0 unspecified atom stereocenters. The van der Waals surface area contributed by atoms with Crippen LogP contribution in [0.4, 0.5) is 0 Å². The van der Waals surface area contributed by atoms with Crippen molar-refractivity contribution in [2.45, 2.75) is 39.7 Å². The predicted molar refractivity (Wildman–Crippen MR) is 47.5 cm³/mol. The van der Waals surface area contributed by atoms with Gasteiger partial charge < -0.3 is 4.90 Å². The van der Waals surface area contributed by atoms with Crippen LogP contribution in [0.3, 0.4) is 0 Å². The Hall–Kier alpha value is -0.0400. The molecule has 1 nitrogen and oxygen atoms in total. The van der Waals surface area contributed by atoms with E-state index in [0.29, 0.717) is 10.8 Å². The molecule has 11 heavy (non-hydrogen) atoms. The number of fused-ring (bicyclic) bond motifs is 1. The first-order valence-corrected chi connectivity index (χ1v) is 4.65. The van der Waals surface area contributed by atoms with Crippen molar-refractivity contribution in [2.24, 2.45) is 10.8 Å². The number of rotatable bonds is 0. The van der Waals surface area contributed by atoms with E-state index < -0.39 is 0 Å². The molecule has 2 heterocycles. The van der Waals surface area contributed by atoms with Crippen molar-refractivity contribution in [3.8, 4) is 0 Å². The maximum absolute atomic E-state index is 2.53. The Morgan fingerprint density at radius 3 is 2.00 bits per heavy atom. The van der Waals surface area contributed by atoms with Gasteiger partial charge in [-0.15, -0.1) is 0 Å². The second kappa shape index (κ2) is 1.82. The minimum Gasteiger partial charge on any atom is -0.303 e. The van der Waals surface area contributed by atoms with Crippen LogP contribution in [0.15, 0.2) is 0 Å². The summed E-state index contributed by atoms with van der Waals surface area (Å²) in [6.07, 6.45) is 2.90. The van der Waals surface area contributed by atoms with Crippen molar-refractivity contribution in [1.82, 2.24) is 4.90 Å². The van der Waals surface area contributed by atoms with Gasteiger partial charge in [0.1, 0.15) is 0 Å². The number of hydrogen-bond acceptors (Lipinski definition) is 1. The van der Waals surface area contributed by atoms with Crippen LogP contribution in [0.2, 0.25) is 0 Å². The van der Waals surface area contributed by atoms with Crippen molar-refractivity contribution in [3.05, 3.63) is 0 Å². The summed E-state index contributed by atoms with van der Waals surface area (Å²) in [6.45, 7) is 8.51. The normalized spacial score (nSPS) is 44.2. The van der Waals surface area contributed by atoms with Crippen LogP contribution < -0.4 is 0 Å². The highest BCUT2D eigenvalue weighted by Crippen LogP contribution is 2.60. The minimum absolute atomic E-state index is 0.522. The lowest BCUT2D eigenvalue weighted by molar-refractivity contribution is 0.0423. The summed E-state index contributed by atoms with van der Waals surface area (Å²) in [6, 6.07) is 0.925. The lowest BCUT2D eigenvalue weighted by Gasteiger charge is -2.47. The quantitative estimate of drug-likeness (QED) is 0.515. The molecular formula is C10H19N. The van der Waals surface area contributed by atoms with Crippen LogP contribution in [-0.4, -0.2) is 24.5 Å². The largest absolute Gasteiger partial charge is 0.303 e. The third-order valence-electron chi connectivity index (χ3n) is 4.02. The fourth-order valence-electron chi connectivity index (χ4n) is 2.74. The van der Waals surface area contributed by atoms with Gasteiger partial charge in [0.05, 0.1) is 0 Å². The van der Waals surface area contributed by atoms with E-state index in [9.17, 15) is 0 Å². The summed E-state index contributed by atoms with van der Waals surface area (Å²) >= 11 is 0. The molecule has 0 aromatic carbocycles. The fourth-order valence-corrected chi connectivity index (χ4v) is 2.74. The maximum Gasteiger partial charge on any atom is 0.0104 e. The zero-order valence-electron chi connectivity index (χ0n) is 8.15. The highest BCUT2D eigenvalue weighted by Gasteiger charge is 2.58. The van der Waals surface area contributed by atoms with E-state index in [0.717, 1.165) is 6.04 Å². The van der Waals surface area contributed by atoms with Gasteiger partial charge in [0, 0.05) is 12.6 Å². The average molecular weight is 153 g/mol. The lowest BCUT2D eigenvalue weighted by Crippen LogP contribution is -2.43. The summed E-state index contributed by atoms with van der Waals surface area (Å²) in [5.41, 5.74) is 1.20. The monoisotopic (exact) mass is 153 g/mol. The molecule has 2 bridgehead atoms. The zero-order valence-corrected chi connectivity index (χ0v) is 8.15. The number of hydrogen-bond donors (Lipinski definition) is 0. The van der Waals surface area contributed by atoms with E-state index in [4.69, 9.17) is 0 Å². The third-order valence-corrected chi connectivity index (χ3v) is 4.02. The molecule has 0 spiro atoms. The molecule has 0 aromatic heterocycles. The molecule has 0 N–H and O–H groups in total. The van der Waals surface area contributed by atoms with Crippen molar-refractivity contribution in [2.75, 3.05) is 13.6 Å². The van der Waals surface area contributed by atoms with Gasteiger partial charge >= 0.3 is 0 Å². The number of nitrogens with zero attached hydrogens (tertiary/aromatic N) is 1. The van der Waals surface area contributed by atoms with Gasteiger partial charge in [0.15, 0.2) is 0 Å². The highest BCUT2D eigenvalue weighted by atomic mass is 15.2. The molecule has 0 amide bonds. The first kappa shape index (κ1) is 7.60. The van der Waals surface area contributed by atoms with Crippen LogP contribution in [0.5, 0.6) is 0 Å². The summed E-state index contributed by atoms with van der Waals surface area (Å²) in [4.78, 5) is 2.53. The van der Waals surface area contributed by atoms with Crippen LogP contribution in [0.1, 0.15) is 33.6 Å². The maximum atomic E-state index is 2.53. The second-order valence-corrected chi connectivity index (χ2v) is 5.51. The van der Waals surface area contributed by atoms with E-state index in [1.165, 1.54) is 19.4 Å². The van der Waals surface area contributed by atoms with E-state index in [2.05, 4.69) is 32.7 Å². The molecule has 0 atom stereocenters. The third kappa shape index (κ3) is 0.807. The van der Waals surface area contributed by atoms with Crippen molar-refractivity contribution in [3.63, 3.8) is 0 Å². The van der Waals surface area contributed by atoms with Gasteiger partial charge in [0.25, 0.3) is 0 Å². The van der Waals surface area contributed by atoms with Gasteiger partial charge in [-0.1, -0.05) is 20.8 Å². The summed E-state index contributed by atoms with van der Waals surface area (Å²) in [5.74, 6) is 0. The lowest BCUT2D eigenvalue weighted by atomic mass is 9.56. The molecule has 3 fully saturated rings. The Kier molecular flexibility index (Phi) is 1.26. The van der Waals surface area contributed by atoms with Crippen LogP contribution in [0, 0.1) is 10.8 Å². The highest BCUT2D eigenvalue weighted by molar-refractivity contribution is 5.11. The molecule has 1 heteroatoms. The van der Waals surface area contributed by atoms with E-state index in [1.54, 1.807) is 0 Å². The SMILES string of the molecule is CN1CC2(C(C)(C)C)CC1C2. The Morgan fingerprint density at radius 2 is 1.82 bits per heavy atom. The minimum atomic E-state index is 0.522. The van der Waals surface area contributed by atoms with Gasteiger partial charge in [0.2, 0.25) is 0 Å². The molecular weight excluding hydrogens is 134 g/mol. The molecule has 3 rings (SSSR count).